The normalized spacial score (nSPS) is 22.5. The van der Waals surface area contributed by atoms with E-state index in [0.717, 1.165) is 18.4 Å². The molecule has 0 aromatic heterocycles. The number of hydroxylamine groups is 2. The molecule has 1 unspecified atom stereocenters. The highest BCUT2D eigenvalue weighted by molar-refractivity contribution is 5.44. The first-order chi connectivity index (χ1) is 9.76. The van der Waals surface area contributed by atoms with Crippen LogP contribution < -0.4 is 0 Å². The lowest BCUT2D eigenvalue weighted by molar-refractivity contribution is -0.304. The van der Waals surface area contributed by atoms with Gasteiger partial charge in [-0.05, 0) is 71.6 Å². The van der Waals surface area contributed by atoms with E-state index in [1.807, 2.05) is 12.1 Å². The molecule has 21 heavy (non-hydrogen) atoms. The van der Waals surface area contributed by atoms with Gasteiger partial charge < -0.3 is 0 Å². The molecule has 0 bridgehead atoms. The van der Waals surface area contributed by atoms with Gasteiger partial charge in [-0.15, -0.1) is 0 Å². The minimum absolute atomic E-state index is 0.0330. The molecule has 0 saturated carbocycles. The van der Waals surface area contributed by atoms with E-state index in [2.05, 4.69) is 44.7 Å². The van der Waals surface area contributed by atoms with Crippen LogP contribution in [0.25, 0.3) is 4.98 Å². The number of benzene rings is 1. The fraction of sp³-hybridized carbons (Fsp3) is 0.647. The number of nitrogens with zero attached hydrogens (tertiary/aromatic N) is 3. The van der Waals surface area contributed by atoms with Crippen LogP contribution in [0.2, 0.25) is 0 Å². The standard InChI is InChI=1S/C17H26N3O/c1-13(14-7-9-15(19-18)10-8-14)21-20-16(2,3)11-6-12-17(20,4)5/h7-10,13H,6,11-12H2,1-5H3/q+1. The van der Waals surface area contributed by atoms with Gasteiger partial charge in [-0.3, -0.25) is 4.84 Å². The van der Waals surface area contributed by atoms with Crippen molar-refractivity contribution in [2.75, 3.05) is 0 Å². The Morgan fingerprint density at radius 2 is 1.62 bits per heavy atom. The quantitative estimate of drug-likeness (QED) is 0.717. The van der Waals surface area contributed by atoms with Gasteiger partial charge in [-0.1, -0.05) is 0 Å². The average Bonchev–Trinajstić information content (AvgIpc) is 2.42. The van der Waals surface area contributed by atoms with Crippen molar-refractivity contribution in [1.82, 2.24) is 5.06 Å². The molecule has 1 saturated heterocycles. The molecule has 0 radical (unpaired) electrons. The summed E-state index contributed by atoms with van der Waals surface area (Å²) in [6.07, 6.45) is 3.49. The molecule has 0 N–H and O–H groups in total. The van der Waals surface area contributed by atoms with Gasteiger partial charge in [-0.2, -0.15) is 5.06 Å². The molecular formula is C17H26N3O+. The molecule has 0 aliphatic carbocycles. The molecule has 1 aliphatic heterocycles. The SMILES string of the molecule is CC(ON1C(C)(C)CCCC1(C)C)c1ccc([N+]#N)cc1. The van der Waals surface area contributed by atoms with Gasteiger partial charge in [0.25, 0.3) is 0 Å². The Morgan fingerprint density at radius 1 is 1.10 bits per heavy atom. The first-order valence-electron chi connectivity index (χ1n) is 7.68. The largest absolute Gasteiger partial charge is 0.385 e. The van der Waals surface area contributed by atoms with E-state index >= 15 is 0 Å². The zero-order chi connectivity index (χ0) is 15.7. The monoisotopic (exact) mass is 288 g/mol. The van der Waals surface area contributed by atoms with Crippen LogP contribution in [0, 0.1) is 5.39 Å². The Bertz CT molecular complexity index is 512. The highest BCUT2D eigenvalue weighted by atomic mass is 16.7. The smallest absolute Gasteiger partial charge is 0.290 e. The maximum absolute atomic E-state index is 8.75. The summed E-state index contributed by atoms with van der Waals surface area (Å²) in [4.78, 5) is 9.50. The molecule has 114 valence electrons. The van der Waals surface area contributed by atoms with Crippen molar-refractivity contribution in [3.63, 3.8) is 0 Å². The van der Waals surface area contributed by atoms with Crippen molar-refractivity contribution in [1.29, 1.82) is 5.39 Å². The van der Waals surface area contributed by atoms with Gasteiger partial charge in [-0.25, -0.2) is 0 Å². The van der Waals surface area contributed by atoms with Crippen LogP contribution in [0.4, 0.5) is 5.69 Å². The Kier molecular flexibility index (Phi) is 4.36. The highest BCUT2D eigenvalue weighted by Gasteiger charge is 2.43. The summed E-state index contributed by atoms with van der Waals surface area (Å²) in [5.41, 5.74) is 1.72. The van der Waals surface area contributed by atoms with Crippen LogP contribution in [0.5, 0.6) is 0 Å². The van der Waals surface area contributed by atoms with Crippen LogP contribution in [0.3, 0.4) is 0 Å². The maximum atomic E-state index is 8.75. The molecule has 4 nitrogen and oxygen atoms in total. The van der Waals surface area contributed by atoms with Crippen molar-refractivity contribution in [2.45, 2.75) is 71.1 Å². The summed E-state index contributed by atoms with van der Waals surface area (Å²) in [6.45, 7) is 11.0. The summed E-state index contributed by atoms with van der Waals surface area (Å²) in [6, 6.07) is 7.48. The summed E-state index contributed by atoms with van der Waals surface area (Å²) in [5.74, 6) is 0. The van der Waals surface area contributed by atoms with E-state index in [0.29, 0.717) is 5.69 Å². The zero-order valence-electron chi connectivity index (χ0n) is 13.8. The maximum Gasteiger partial charge on any atom is 0.385 e. The lowest BCUT2D eigenvalue weighted by Gasteiger charge is -2.52. The van der Waals surface area contributed by atoms with Crippen molar-refractivity contribution < 1.29 is 4.84 Å². The van der Waals surface area contributed by atoms with E-state index in [1.165, 1.54) is 6.42 Å². The molecule has 1 aliphatic rings. The highest BCUT2D eigenvalue weighted by Crippen LogP contribution is 2.40. The topological polar surface area (TPSA) is 40.6 Å². The first-order valence-corrected chi connectivity index (χ1v) is 7.68. The second-order valence-electron chi connectivity index (χ2n) is 7.21. The van der Waals surface area contributed by atoms with E-state index in [9.17, 15) is 0 Å². The lowest BCUT2D eigenvalue weighted by atomic mass is 9.82. The van der Waals surface area contributed by atoms with Crippen molar-refractivity contribution >= 4 is 5.69 Å². The fourth-order valence-corrected chi connectivity index (χ4v) is 3.29. The van der Waals surface area contributed by atoms with Crippen LogP contribution >= 0.6 is 0 Å². The molecule has 0 amide bonds. The third kappa shape index (κ3) is 3.42. The van der Waals surface area contributed by atoms with Crippen molar-refractivity contribution in [3.8, 4) is 0 Å². The molecule has 0 spiro atoms. The first kappa shape index (κ1) is 15.9. The number of piperidine rings is 1. The molecule has 1 atom stereocenters. The van der Waals surface area contributed by atoms with Crippen LogP contribution in [-0.2, 0) is 4.84 Å². The van der Waals surface area contributed by atoms with Gasteiger partial charge in [0.15, 0.2) is 4.98 Å². The van der Waals surface area contributed by atoms with Gasteiger partial charge in [0.05, 0.1) is 0 Å². The molecule has 1 fully saturated rings. The predicted molar refractivity (Wildman–Crippen MR) is 84.5 cm³/mol. The summed E-state index contributed by atoms with van der Waals surface area (Å²) in [7, 11) is 0. The third-order valence-corrected chi connectivity index (χ3v) is 4.42. The fourth-order valence-electron chi connectivity index (χ4n) is 3.29. The number of diazo groups is 1. The van der Waals surface area contributed by atoms with E-state index < -0.39 is 0 Å². The van der Waals surface area contributed by atoms with Gasteiger partial charge in [0, 0.05) is 23.2 Å². The van der Waals surface area contributed by atoms with Crippen LogP contribution in [0.1, 0.15) is 65.5 Å². The zero-order valence-corrected chi connectivity index (χ0v) is 13.8. The Balaban J connectivity index is 2.16. The molecular weight excluding hydrogens is 262 g/mol. The second-order valence-corrected chi connectivity index (χ2v) is 7.21. The molecule has 1 aromatic rings. The lowest BCUT2D eigenvalue weighted by Crippen LogP contribution is -2.58. The van der Waals surface area contributed by atoms with E-state index in [-0.39, 0.29) is 17.2 Å². The van der Waals surface area contributed by atoms with Crippen LogP contribution in [-0.4, -0.2) is 16.1 Å². The third-order valence-electron chi connectivity index (χ3n) is 4.42. The van der Waals surface area contributed by atoms with Crippen molar-refractivity contribution in [2.24, 2.45) is 0 Å². The summed E-state index contributed by atoms with van der Waals surface area (Å²) < 4.78 is 0. The summed E-state index contributed by atoms with van der Waals surface area (Å²) in [5, 5.41) is 10.9. The Labute approximate surface area is 127 Å². The van der Waals surface area contributed by atoms with Crippen LogP contribution in [0.15, 0.2) is 24.3 Å². The molecule has 1 heterocycles. The average molecular weight is 288 g/mol. The van der Waals surface area contributed by atoms with Gasteiger partial charge in [0.1, 0.15) is 6.10 Å². The van der Waals surface area contributed by atoms with Crippen molar-refractivity contribution in [3.05, 3.63) is 34.8 Å². The van der Waals surface area contributed by atoms with E-state index in [1.54, 1.807) is 12.1 Å². The van der Waals surface area contributed by atoms with E-state index in [4.69, 9.17) is 10.2 Å². The van der Waals surface area contributed by atoms with Gasteiger partial charge in [0.2, 0.25) is 5.39 Å². The Morgan fingerprint density at radius 3 is 2.10 bits per heavy atom. The summed E-state index contributed by atoms with van der Waals surface area (Å²) >= 11 is 0. The minimum atomic E-state index is -0.0330. The predicted octanol–water partition coefficient (Wildman–Crippen LogP) is 5.21. The number of hydrogen-bond acceptors (Lipinski definition) is 3. The molecule has 1 aromatic carbocycles. The Hall–Kier alpha value is -1.44. The second kappa shape index (κ2) is 5.75. The van der Waals surface area contributed by atoms with Gasteiger partial charge >= 0.3 is 5.69 Å². The number of hydrogen-bond donors (Lipinski definition) is 0. The molecule has 4 heteroatoms. The minimum Gasteiger partial charge on any atom is -0.290 e. The number of rotatable bonds is 3. The molecule has 2 rings (SSSR count).